The third-order valence-electron chi connectivity index (χ3n) is 14.7. The van der Waals surface area contributed by atoms with Gasteiger partial charge in [-0.2, -0.15) is 0 Å². The van der Waals surface area contributed by atoms with E-state index in [2.05, 4.69) is 10.3 Å². The molecule has 4 aliphatic rings. The van der Waals surface area contributed by atoms with Crippen molar-refractivity contribution in [2.24, 2.45) is 29.6 Å². The predicted octanol–water partition coefficient (Wildman–Crippen LogP) is 6.18. The van der Waals surface area contributed by atoms with Crippen molar-refractivity contribution < 1.29 is 63.0 Å². The van der Waals surface area contributed by atoms with E-state index in [-0.39, 0.29) is 55.8 Å². The largest absolute Gasteiger partial charge is 0.456 e. The zero-order chi connectivity index (χ0) is 51.1. The first-order chi connectivity index (χ1) is 33.4. The maximum Gasteiger partial charge on any atom is 0.329 e. The number of nitrogens with one attached hydrogen (secondary N) is 1. The molecule has 4 heterocycles. The third kappa shape index (κ3) is 15.7. The van der Waals surface area contributed by atoms with Gasteiger partial charge in [-0.25, -0.2) is 9.78 Å². The van der Waals surface area contributed by atoms with Gasteiger partial charge in [0, 0.05) is 77.0 Å². The van der Waals surface area contributed by atoms with Gasteiger partial charge in [-0.3, -0.25) is 19.2 Å². The second-order valence-corrected chi connectivity index (χ2v) is 22.5. The first-order valence-corrected chi connectivity index (χ1v) is 27.5. The van der Waals surface area contributed by atoms with Crippen molar-refractivity contribution in [2.75, 3.05) is 40.2 Å². The number of amides is 2. The van der Waals surface area contributed by atoms with Crippen LogP contribution in [0.4, 0.5) is 0 Å². The molecule has 1 unspecified atom stereocenters. The lowest BCUT2D eigenvalue weighted by Gasteiger charge is -2.47. The number of pyridine rings is 1. The van der Waals surface area contributed by atoms with Crippen LogP contribution in [0.1, 0.15) is 118 Å². The molecule has 0 aromatic carbocycles. The predicted molar refractivity (Wildman–Crippen MR) is 267 cm³/mol. The van der Waals surface area contributed by atoms with Gasteiger partial charge in [-0.1, -0.05) is 55.4 Å². The number of piperidine rings is 1. The number of carbonyl (C=O) groups is 5. The number of hydrogen-bond acceptors (Lipinski definition) is 16. The van der Waals surface area contributed by atoms with Gasteiger partial charge in [0.25, 0.3) is 11.7 Å². The summed E-state index contributed by atoms with van der Waals surface area (Å²) in [5.74, 6) is -7.64. The van der Waals surface area contributed by atoms with Crippen molar-refractivity contribution in [2.45, 2.75) is 178 Å². The maximum atomic E-state index is 14.5. The number of aliphatic hydroxyl groups is 3. The molecule has 2 saturated heterocycles. The van der Waals surface area contributed by atoms with Crippen LogP contribution in [0, 0.1) is 29.6 Å². The van der Waals surface area contributed by atoms with Crippen LogP contribution in [-0.4, -0.2) is 149 Å². The lowest BCUT2D eigenvalue weighted by Crippen LogP contribution is -2.64. The fourth-order valence-corrected chi connectivity index (χ4v) is 12.4. The molecule has 1 aromatic heterocycles. The first-order valence-electron chi connectivity index (χ1n) is 25.2. The van der Waals surface area contributed by atoms with Gasteiger partial charge in [0.05, 0.1) is 30.5 Å². The van der Waals surface area contributed by atoms with Gasteiger partial charge < -0.3 is 49.2 Å². The number of aliphatic hydroxyl groups excluding tert-OH is 2. The van der Waals surface area contributed by atoms with Crippen molar-refractivity contribution in [1.82, 2.24) is 15.2 Å². The fourth-order valence-electron chi connectivity index (χ4n) is 10.6. The molecule has 2 amide bonds. The standard InChI is InChI=1S/C52H79N3O13S2/c1-31-24-32(2)26-43(65-7)48-44(66-8)28-34(4)52(63,68-48)49(60)50(61)55-22-12-10-15-38(55)51(62)67-47(33(3)27-36-18-19-39(56)42(29-36)64-6)35(5)40(57)30-41(58)37(25-31)14-13-16-45(59)53-21-23-69-70-46-17-9-11-20-54-46/h9,11,17,20,25,27,32,34-40,42-44,47-48,56-57,63H,10,12-16,18-19,21-24,26,28-30H2,1-8H3,(H,53,59)/b31-25+,33-27+/t32-,34+,35+,36-,37+,38?,39+,40-,42+,43-,44-,47+,48+,52+/m0/s1. The minimum atomic E-state index is -2.55. The normalized spacial score (nSPS) is 35.5. The number of carbonyl (C=O) groups excluding carboxylic acids is 5. The zero-order valence-electron chi connectivity index (χ0n) is 42.4. The number of aromatic nitrogens is 1. The number of methoxy groups -OCH3 is 3. The summed E-state index contributed by atoms with van der Waals surface area (Å²) in [5.41, 5.74) is 1.53. The van der Waals surface area contributed by atoms with E-state index < -0.39 is 90.0 Å². The fraction of sp³-hybridized carbons (Fsp3) is 0.731. The molecule has 14 atom stereocenters. The Morgan fingerprint density at radius 1 is 0.957 bits per heavy atom. The van der Waals surface area contributed by atoms with Crippen molar-refractivity contribution >= 4 is 50.9 Å². The lowest BCUT2D eigenvalue weighted by atomic mass is 9.81. The molecule has 392 valence electrons. The topological polar surface area (TPSA) is 220 Å². The summed E-state index contributed by atoms with van der Waals surface area (Å²) in [7, 11) is 7.73. The summed E-state index contributed by atoms with van der Waals surface area (Å²) in [6.45, 7) is 9.66. The zero-order valence-corrected chi connectivity index (χ0v) is 44.1. The number of fused-ring (bicyclic) bond motifs is 3. The summed E-state index contributed by atoms with van der Waals surface area (Å²) in [6.07, 6.45) is 4.92. The molecule has 4 N–H and O–H groups in total. The number of hydrogen-bond donors (Lipinski definition) is 4. The van der Waals surface area contributed by atoms with Gasteiger partial charge in [0.15, 0.2) is 0 Å². The van der Waals surface area contributed by atoms with Crippen LogP contribution in [-0.2, 0) is 47.7 Å². The number of nitrogens with zero attached hydrogens (tertiary/aromatic N) is 2. The molecule has 5 rings (SSSR count). The Bertz CT molecular complexity index is 1960. The highest BCUT2D eigenvalue weighted by molar-refractivity contribution is 8.76. The highest BCUT2D eigenvalue weighted by atomic mass is 33.1. The molecule has 18 heteroatoms. The van der Waals surface area contributed by atoms with Crippen molar-refractivity contribution in [3.05, 3.63) is 47.7 Å². The quantitative estimate of drug-likeness (QED) is 0.0537. The SMILES string of the molecule is CO[C@H]1C[C@@H](C)C/C(C)=C/[C@@H](CCCC(=O)NCCSSc2ccccn2)C(=O)C[C@H](O)[C@@H](C)[C@@H](/C(C)=C/[C@@H]2CC[C@@H](O)[C@H](OC)C2)OC(=O)C2CCCCN2C(=O)C(=O)[C@]2(O)O[C@H]1[C@@H](OC)C[C@H]2C. The number of allylic oxidation sites excluding steroid dienone is 3. The molecule has 1 aromatic rings. The van der Waals surface area contributed by atoms with Crippen LogP contribution in [0.2, 0.25) is 0 Å². The number of Topliss-reactive ketones (excluding diaryl/α,β-unsaturated/α-hetero) is 2. The molecule has 1 aliphatic carbocycles. The van der Waals surface area contributed by atoms with Crippen LogP contribution < -0.4 is 5.32 Å². The van der Waals surface area contributed by atoms with Crippen LogP contribution >= 0.6 is 21.6 Å². The van der Waals surface area contributed by atoms with E-state index in [4.69, 9.17) is 23.7 Å². The number of rotatable bonds is 14. The van der Waals surface area contributed by atoms with E-state index in [0.29, 0.717) is 75.7 Å². The number of ketones is 2. The average Bonchev–Trinajstić information content (AvgIpc) is 3.34. The van der Waals surface area contributed by atoms with Crippen molar-refractivity contribution in [1.29, 1.82) is 0 Å². The molecular formula is C52H79N3O13S2. The summed E-state index contributed by atoms with van der Waals surface area (Å²) in [5, 5.41) is 38.6. The Morgan fingerprint density at radius 2 is 1.69 bits per heavy atom. The third-order valence-corrected chi connectivity index (χ3v) is 16.9. The van der Waals surface area contributed by atoms with E-state index in [1.807, 2.05) is 44.2 Å². The summed E-state index contributed by atoms with van der Waals surface area (Å²) >= 11 is 0. The van der Waals surface area contributed by atoms with Gasteiger partial charge in [-0.05, 0) is 125 Å². The summed E-state index contributed by atoms with van der Waals surface area (Å²) in [4.78, 5) is 76.2. The highest BCUT2D eigenvalue weighted by Gasteiger charge is 2.56. The molecule has 2 bridgehead atoms. The molecule has 3 aliphatic heterocycles. The minimum Gasteiger partial charge on any atom is -0.456 e. The molecule has 0 radical (unpaired) electrons. The smallest absolute Gasteiger partial charge is 0.329 e. The van der Waals surface area contributed by atoms with Crippen molar-refractivity contribution in [3.63, 3.8) is 0 Å². The monoisotopic (exact) mass is 1020 g/mol. The van der Waals surface area contributed by atoms with Gasteiger partial charge in [0.1, 0.15) is 29.1 Å². The molecule has 3 fully saturated rings. The Labute approximate surface area is 422 Å². The number of ether oxygens (including phenoxy) is 5. The van der Waals surface area contributed by atoms with E-state index in [0.717, 1.165) is 10.6 Å². The molecule has 0 spiro atoms. The number of cyclic esters (lactones) is 1. The molecule has 70 heavy (non-hydrogen) atoms. The number of esters is 1. The second-order valence-electron chi connectivity index (χ2n) is 20.1. The average molecular weight is 1020 g/mol. The van der Waals surface area contributed by atoms with E-state index in [1.165, 1.54) is 19.1 Å². The van der Waals surface area contributed by atoms with Crippen LogP contribution in [0.15, 0.2) is 52.7 Å². The highest BCUT2D eigenvalue weighted by Crippen LogP contribution is 2.39. The van der Waals surface area contributed by atoms with E-state index in [9.17, 15) is 39.3 Å². The summed E-state index contributed by atoms with van der Waals surface area (Å²) < 4.78 is 30.1. The van der Waals surface area contributed by atoms with Crippen LogP contribution in [0.5, 0.6) is 0 Å². The van der Waals surface area contributed by atoms with Gasteiger partial charge in [0.2, 0.25) is 11.7 Å². The van der Waals surface area contributed by atoms with E-state index in [1.54, 1.807) is 55.7 Å². The summed E-state index contributed by atoms with van der Waals surface area (Å²) in [6, 6.07) is 4.53. The Morgan fingerprint density at radius 3 is 2.39 bits per heavy atom. The molecule has 1 saturated carbocycles. The molecular weight excluding hydrogens is 939 g/mol. The van der Waals surface area contributed by atoms with E-state index >= 15 is 0 Å². The van der Waals surface area contributed by atoms with Gasteiger partial charge >= 0.3 is 5.97 Å². The first kappa shape index (κ1) is 57.7. The second kappa shape index (κ2) is 27.7. The lowest BCUT2D eigenvalue weighted by molar-refractivity contribution is -0.302. The Balaban J connectivity index is 1.44. The Kier molecular flexibility index (Phi) is 22.9. The Hall–Kier alpha value is -3.20. The maximum absolute atomic E-state index is 14.5. The molecule has 16 nitrogen and oxygen atoms in total. The van der Waals surface area contributed by atoms with Gasteiger partial charge in [-0.15, -0.1) is 0 Å². The van der Waals surface area contributed by atoms with Crippen LogP contribution in [0.25, 0.3) is 0 Å². The van der Waals surface area contributed by atoms with Crippen LogP contribution in [0.3, 0.4) is 0 Å². The van der Waals surface area contributed by atoms with Crippen molar-refractivity contribution in [3.8, 4) is 0 Å². The minimum absolute atomic E-state index is 0.0488.